The molecule has 0 bridgehead atoms. The van der Waals surface area contributed by atoms with Gasteiger partial charge in [-0.05, 0) is 55.0 Å². The van der Waals surface area contributed by atoms with Crippen LogP contribution in [-0.2, 0) is 0 Å². The van der Waals surface area contributed by atoms with Crippen LogP contribution in [0.3, 0.4) is 0 Å². The fourth-order valence-corrected chi connectivity index (χ4v) is 3.25. The van der Waals surface area contributed by atoms with Crippen molar-refractivity contribution in [2.24, 2.45) is 0 Å². The molecular weight excluding hydrogens is 250 g/mol. The number of thioether (sulfide) groups is 1. The van der Waals surface area contributed by atoms with Crippen molar-refractivity contribution >= 4 is 22.5 Å². The second kappa shape index (κ2) is 7.56. The first-order chi connectivity index (χ1) is 9.33. The molecule has 102 valence electrons. The van der Waals surface area contributed by atoms with Crippen molar-refractivity contribution < 1.29 is 0 Å². The van der Waals surface area contributed by atoms with Crippen LogP contribution in [0.1, 0.15) is 26.2 Å². The smallest absolute Gasteiger partial charge is 0.00783 e. The van der Waals surface area contributed by atoms with Gasteiger partial charge in [0.25, 0.3) is 0 Å². The summed E-state index contributed by atoms with van der Waals surface area (Å²) < 4.78 is 0. The van der Waals surface area contributed by atoms with Gasteiger partial charge in [-0.2, -0.15) is 0 Å². The monoisotopic (exact) mass is 273 g/mol. The first-order valence-electron chi connectivity index (χ1n) is 7.12. The fraction of sp³-hybridized carbons (Fsp3) is 0.412. The maximum Gasteiger partial charge on any atom is 0.00783 e. The highest BCUT2D eigenvalue weighted by atomic mass is 32.2. The van der Waals surface area contributed by atoms with Crippen molar-refractivity contribution in [3.05, 3.63) is 42.5 Å². The SMILES string of the molecule is CCC(CCCSc1ccc2ccccc2c1)NC. The number of rotatable bonds is 7. The maximum absolute atomic E-state index is 3.37. The van der Waals surface area contributed by atoms with E-state index in [1.807, 2.05) is 11.8 Å². The molecule has 0 fully saturated rings. The Bertz CT molecular complexity index is 505. The van der Waals surface area contributed by atoms with Gasteiger partial charge in [-0.25, -0.2) is 0 Å². The van der Waals surface area contributed by atoms with E-state index in [-0.39, 0.29) is 0 Å². The lowest BCUT2D eigenvalue weighted by atomic mass is 10.1. The first kappa shape index (κ1) is 14.4. The Kier molecular flexibility index (Phi) is 5.74. The number of fused-ring (bicyclic) bond motifs is 1. The fourth-order valence-electron chi connectivity index (χ4n) is 2.33. The van der Waals surface area contributed by atoms with Crippen LogP contribution < -0.4 is 5.32 Å². The van der Waals surface area contributed by atoms with Gasteiger partial charge in [-0.3, -0.25) is 0 Å². The van der Waals surface area contributed by atoms with Gasteiger partial charge in [0.2, 0.25) is 0 Å². The number of hydrogen-bond acceptors (Lipinski definition) is 2. The topological polar surface area (TPSA) is 12.0 Å². The van der Waals surface area contributed by atoms with E-state index in [0.29, 0.717) is 6.04 Å². The van der Waals surface area contributed by atoms with Crippen LogP contribution in [0.15, 0.2) is 47.4 Å². The van der Waals surface area contributed by atoms with E-state index >= 15 is 0 Å². The summed E-state index contributed by atoms with van der Waals surface area (Å²) >= 11 is 1.97. The summed E-state index contributed by atoms with van der Waals surface area (Å²) in [4.78, 5) is 1.39. The van der Waals surface area contributed by atoms with Gasteiger partial charge >= 0.3 is 0 Å². The number of hydrogen-bond donors (Lipinski definition) is 1. The molecule has 0 saturated carbocycles. The lowest BCUT2D eigenvalue weighted by Crippen LogP contribution is -2.23. The maximum atomic E-state index is 3.37. The predicted octanol–water partition coefficient (Wildman–Crippen LogP) is 4.71. The molecule has 1 N–H and O–H groups in total. The van der Waals surface area contributed by atoms with E-state index in [1.54, 1.807) is 0 Å². The Hall–Kier alpha value is -0.990. The van der Waals surface area contributed by atoms with Gasteiger partial charge in [-0.15, -0.1) is 11.8 Å². The zero-order valence-electron chi connectivity index (χ0n) is 11.9. The largest absolute Gasteiger partial charge is 0.317 e. The van der Waals surface area contributed by atoms with E-state index in [4.69, 9.17) is 0 Å². The van der Waals surface area contributed by atoms with Crippen LogP contribution >= 0.6 is 11.8 Å². The lowest BCUT2D eigenvalue weighted by molar-refractivity contribution is 0.504. The zero-order valence-corrected chi connectivity index (χ0v) is 12.7. The summed E-state index contributed by atoms with van der Waals surface area (Å²) in [5.41, 5.74) is 0. The molecule has 1 nitrogen and oxygen atoms in total. The third-order valence-corrected chi connectivity index (χ3v) is 4.67. The molecule has 2 rings (SSSR count). The molecule has 2 aromatic carbocycles. The molecule has 0 aliphatic carbocycles. The molecule has 0 aliphatic heterocycles. The highest BCUT2D eigenvalue weighted by Crippen LogP contribution is 2.24. The van der Waals surface area contributed by atoms with Crippen molar-refractivity contribution in [1.82, 2.24) is 5.32 Å². The van der Waals surface area contributed by atoms with Crippen LogP contribution in [0.25, 0.3) is 10.8 Å². The molecule has 2 heteroatoms. The minimum absolute atomic E-state index is 0.678. The van der Waals surface area contributed by atoms with E-state index in [0.717, 1.165) is 0 Å². The van der Waals surface area contributed by atoms with Crippen LogP contribution in [0.5, 0.6) is 0 Å². The summed E-state index contributed by atoms with van der Waals surface area (Å²) in [7, 11) is 2.06. The second-order valence-electron chi connectivity index (χ2n) is 4.89. The van der Waals surface area contributed by atoms with Crippen LogP contribution in [0, 0.1) is 0 Å². The van der Waals surface area contributed by atoms with Crippen molar-refractivity contribution in [2.45, 2.75) is 37.1 Å². The van der Waals surface area contributed by atoms with E-state index < -0.39 is 0 Å². The van der Waals surface area contributed by atoms with Gasteiger partial charge < -0.3 is 5.32 Å². The molecule has 2 aromatic rings. The van der Waals surface area contributed by atoms with Crippen LogP contribution in [0.4, 0.5) is 0 Å². The minimum atomic E-state index is 0.678. The second-order valence-corrected chi connectivity index (χ2v) is 6.06. The molecular formula is C17H23NS. The van der Waals surface area contributed by atoms with Crippen molar-refractivity contribution in [3.8, 4) is 0 Å². The third-order valence-electron chi connectivity index (χ3n) is 3.59. The summed E-state index contributed by atoms with van der Waals surface area (Å²) in [6.07, 6.45) is 3.77. The van der Waals surface area contributed by atoms with Crippen LogP contribution in [0.2, 0.25) is 0 Å². The third kappa shape index (κ3) is 4.26. The predicted molar refractivity (Wildman–Crippen MR) is 87.0 cm³/mol. The molecule has 1 atom stereocenters. The van der Waals surface area contributed by atoms with Gasteiger partial charge in [0.05, 0.1) is 0 Å². The Labute approximate surface area is 120 Å². The average Bonchev–Trinajstić information content (AvgIpc) is 2.47. The molecule has 0 saturated heterocycles. The summed E-state index contributed by atoms with van der Waals surface area (Å²) in [5, 5.41) is 6.03. The number of nitrogens with one attached hydrogen (secondary N) is 1. The molecule has 0 heterocycles. The highest BCUT2D eigenvalue weighted by Gasteiger charge is 2.02. The number of benzene rings is 2. The Balaban J connectivity index is 1.84. The minimum Gasteiger partial charge on any atom is -0.317 e. The normalized spacial score (nSPS) is 12.7. The molecule has 19 heavy (non-hydrogen) atoms. The standard InChI is InChI=1S/C17H23NS/c1-3-16(18-2)9-6-12-19-17-11-10-14-7-4-5-8-15(14)13-17/h4-5,7-8,10-11,13,16,18H,3,6,9,12H2,1-2H3. The summed E-state index contributed by atoms with van der Waals surface area (Å²) in [6.45, 7) is 2.25. The molecule has 0 aliphatic rings. The Morgan fingerprint density at radius 1 is 1.11 bits per heavy atom. The highest BCUT2D eigenvalue weighted by molar-refractivity contribution is 7.99. The van der Waals surface area contributed by atoms with Gasteiger partial charge in [0.15, 0.2) is 0 Å². The first-order valence-corrected chi connectivity index (χ1v) is 8.11. The van der Waals surface area contributed by atoms with E-state index in [1.165, 1.54) is 40.7 Å². The molecule has 0 radical (unpaired) electrons. The lowest BCUT2D eigenvalue weighted by Gasteiger charge is -2.12. The Morgan fingerprint density at radius 3 is 2.63 bits per heavy atom. The molecule has 0 aromatic heterocycles. The van der Waals surface area contributed by atoms with E-state index in [2.05, 4.69) is 61.8 Å². The van der Waals surface area contributed by atoms with Gasteiger partial charge in [0, 0.05) is 10.9 Å². The Morgan fingerprint density at radius 2 is 1.89 bits per heavy atom. The van der Waals surface area contributed by atoms with Gasteiger partial charge in [0.1, 0.15) is 0 Å². The quantitative estimate of drug-likeness (QED) is 0.579. The van der Waals surface area contributed by atoms with E-state index in [9.17, 15) is 0 Å². The van der Waals surface area contributed by atoms with Gasteiger partial charge in [-0.1, -0.05) is 37.3 Å². The average molecular weight is 273 g/mol. The zero-order chi connectivity index (χ0) is 13.5. The van der Waals surface area contributed by atoms with Crippen LogP contribution in [-0.4, -0.2) is 18.8 Å². The van der Waals surface area contributed by atoms with Crippen molar-refractivity contribution in [3.63, 3.8) is 0 Å². The molecule has 1 unspecified atom stereocenters. The summed E-state index contributed by atoms with van der Waals surface area (Å²) in [5.74, 6) is 1.20. The van der Waals surface area contributed by atoms with Crippen molar-refractivity contribution in [1.29, 1.82) is 0 Å². The molecule has 0 spiro atoms. The summed E-state index contributed by atoms with van der Waals surface area (Å²) in [6, 6.07) is 16.0. The molecule has 0 amide bonds. The van der Waals surface area contributed by atoms with Crippen molar-refractivity contribution in [2.75, 3.05) is 12.8 Å².